The van der Waals surface area contributed by atoms with Crippen LogP contribution in [0.3, 0.4) is 0 Å². The predicted octanol–water partition coefficient (Wildman–Crippen LogP) is 4.84. The van der Waals surface area contributed by atoms with Crippen LogP contribution in [-0.2, 0) is 16.0 Å². The van der Waals surface area contributed by atoms with Crippen LogP contribution in [0.5, 0.6) is 5.75 Å². The van der Waals surface area contributed by atoms with Crippen molar-refractivity contribution in [3.8, 4) is 5.75 Å². The van der Waals surface area contributed by atoms with Crippen molar-refractivity contribution in [1.82, 2.24) is 20.0 Å². The molecule has 9 nitrogen and oxygen atoms in total. The van der Waals surface area contributed by atoms with E-state index in [4.69, 9.17) is 26.5 Å². The van der Waals surface area contributed by atoms with Gasteiger partial charge in [-0.1, -0.05) is 32.4 Å². The summed E-state index contributed by atoms with van der Waals surface area (Å²) in [4.78, 5) is 24.3. The van der Waals surface area contributed by atoms with Crippen LogP contribution >= 0.6 is 11.6 Å². The Morgan fingerprint density at radius 2 is 1.79 bits per heavy atom. The van der Waals surface area contributed by atoms with E-state index in [9.17, 15) is 9.59 Å². The molecule has 4 heterocycles. The standard InChI is InChI=1S/C29H33ClN6O3/c1-4-23-27(24-12-9-21(30)17-36(24)33-23)29-19(3)16-26(38)35(34-29)13-5-6-14-39-22-10-7-20(8-11-22)28-18(2)15-25(37)31-32-28/h7-12,17-19H,4-6,13-16H2,1-3H3,(H,31,37). The molecule has 2 amide bonds. The van der Waals surface area contributed by atoms with E-state index >= 15 is 0 Å². The number of pyridine rings is 1. The topological polar surface area (TPSA) is 101 Å². The highest BCUT2D eigenvalue weighted by atomic mass is 35.5. The maximum Gasteiger partial charge on any atom is 0.243 e. The molecule has 2 aromatic heterocycles. The first kappa shape index (κ1) is 26.9. The largest absolute Gasteiger partial charge is 0.494 e. The van der Waals surface area contributed by atoms with Crippen LogP contribution in [0.1, 0.15) is 63.3 Å². The molecule has 0 spiro atoms. The molecule has 0 saturated heterocycles. The number of hydrogen-bond acceptors (Lipinski definition) is 6. The summed E-state index contributed by atoms with van der Waals surface area (Å²) in [6, 6.07) is 11.6. The first-order valence-corrected chi connectivity index (χ1v) is 13.9. The SMILES string of the molecule is CCc1nn2cc(Cl)ccc2c1C1=NN(CCCCOc2ccc(C3=NNC(=O)CC3C)cc2)C(=O)CC1C. The highest BCUT2D eigenvalue weighted by Gasteiger charge is 2.30. The summed E-state index contributed by atoms with van der Waals surface area (Å²) in [7, 11) is 0. The van der Waals surface area contributed by atoms with Crippen molar-refractivity contribution in [2.75, 3.05) is 13.2 Å². The molecule has 1 N–H and O–H groups in total. The van der Waals surface area contributed by atoms with Gasteiger partial charge in [0.05, 0.1) is 34.3 Å². The Morgan fingerprint density at radius 3 is 2.54 bits per heavy atom. The minimum absolute atomic E-state index is 0.00728. The van der Waals surface area contributed by atoms with Gasteiger partial charge in [0.15, 0.2) is 0 Å². The van der Waals surface area contributed by atoms with Gasteiger partial charge in [-0.3, -0.25) is 9.59 Å². The molecule has 10 heteroatoms. The Balaban J connectivity index is 1.19. The van der Waals surface area contributed by atoms with Gasteiger partial charge >= 0.3 is 0 Å². The fraction of sp³-hybridized carbons (Fsp3) is 0.414. The van der Waals surface area contributed by atoms with E-state index in [0.717, 1.165) is 58.8 Å². The number of nitrogens with zero attached hydrogens (tertiary/aromatic N) is 5. The molecule has 3 aromatic rings. The molecular weight excluding hydrogens is 516 g/mol. The van der Waals surface area contributed by atoms with Crippen molar-refractivity contribution in [2.24, 2.45) is 22.0 Å². The van der Waals surface area contributed by atoms with Gasteiger partial charge in [0, 0.05) is 43.0 Å². The van der Waals surface area contributed by atoms with Crippen molar-refractivity contribution in [3.63, 3.8) is 0 Å². The second-order valence-electron chi connectivity index (χ2n) is 10.2. The fourth-order valence-corrected chi connectivity index (χ4v) is 5.25. The molecule has 2 unspecified atom stereocenters. The summed E-state index contributed by atoms with van der Waals surface area (Å²) in [6.45, 7) is 7.19. The number of halogens is 1. The molecule has 0 saturated carbocycles. The number of hydrazone groups is 2. The Kier molecular flexibility index (Phi) is 7.97. The lowest BCUT2D eigenvalue weighted by Crippen LogP contribution is -2.37. The number of amides is 2. The lowest BCUT2D eigenvalue weighted by Gasteiger charge is -2.27. The van der Waals surface area contributed by atoms with E-state index in [1.54, 1.807) is 15.7 Å². The molecule has 1 aromatic carbocycles. The highest BCUT2D eigenvalue weighted by molar-refractivity contribution is 6.30. The van der Waals surface area contributed by atoms with E-state index in [1.165, 1.54) is 0 Å². The van der Waals surface area contributed by atoms with Gasteiger partial charge in [-0.15, -0.1) is 0 Å². The first-order valence-electron chi connectivity index (χ1n) is 13.5. The number of ether oxygens (including phenoxy) is 1. The predicted molar refractivity (Wildman–Crippen MR) is 151 cm³/mol. The summed E-state index contributed by atoms with van der Waals surface area (Å²) >= 11 is 6.18. The number of aromatic nitrogens is 2. The third-order valence-corrected chi connectivity index (χ3v) is 7.39. The molecule has 0 aliphatic carbocycles. The van der Waals surface area contributed by atoms with Gasteiger partial charge in [0.2, 0.25) is 11.8 Å². The zero-order valence-electron chi connectivity index (χ0n) is 22.5. The zero-order chi connectivity index (χ0) is 27.5. The van der Waals surface area contributed by atoms with Crippen LogP contribution in [0.15, 0.2) is 52.8 Å². The lowest BCUT2D eigenvalue weighted by atomic mass is 9.92. The van der Waals surface area contributed by atoms with Crippen LogP contribution in [0, 0.1) is 11.8 Å². The second kappa shape index (κ2) is 11.6. The number of carbonyl (C=O) groups excluding carboxylic acids is 2. The molecule has 2 aliphatic rings. The number of fused-ring (bicyclic) bond motifs is 1. The second-order valence-corrected chi connectivity index (χ2v) is 10.6. The number of unbranched alkanes of at least 4 members (excludes halogenated alkanes) is 1. The highest BCUT2D eigenvalue weighted by Crippen LogP contribution is 2.28. The van der Waals surface area contributed by atoms with E-state index in [1.807, 2.05) is 50.2 Å². The van der Waals surface area contributed by atoms with Crippen molar-refractivity contribution < 1.29 is 14.3 Å². The van der Waals surface area contributed by atoms with Gasteiger partial charge in [-0.25, -0.2) is 15.0 Å². The van der Waals surface area contributed by atoms with Gasteiger partial charge in [-0.05, 0) is 61.2 Å². The van der Waals surface area contributed by atoms with Gasteiger partial charge in [-0.2, -0.15) is 15.3 Å². The summed E-state index contributed by atoms with van der Waals surface area (Å²) in [5.41, 5.74) is 8.20. The van der Waals surface area contributed by atoms with E-state index in [2.05, 4.69) is 17.5 Å². The quantitative estimate of drug-likeness (QED) is 0.386. The molecule has 2 atom stereocenters. The van der Waals surface area contributed by atoms with Gasteiger partial charge < -0.3 is 4.74 Å². The number of benzene rings is 1. The minimum Gasteiger partial charge on any atom is -0.494 e. The Bertz CT molecular complexity index is 1450. The number of aryl methyl sites for hydroxylation is 1. The first-order chi connectivity index (χ1) is 18.8. The van der Waals surface area contributed by atoms with Gasteiger partial charge in [0.1, 0.15) is 5.75 Å². The maximum absolute atomic E-state index is 12.8. The summed E-state index contributed by atoms with van der Waals surface area (Å²) in [6.07, 6.45) is 4.98. The average Bonchev–Trinajstić information content (AvgIpc) is 3.27. The summed E-state index contributed by atoms with van der Waals surface area (Å²) in [5.74, 6) is 0.842. The smallest absolute Gasteiger partial charge is 0.243 e. The van der Waals surface area contributed by atoms with E-state index < -0.39 is 0 Å². The van der Waals surface area contributed by atoms with E-state index in [0.29, 0.717) is 31.0 Å². The Hall–Kier alpha value is -3.72. The van der Waals surface area contributed by atoms with Crippen LogP contribution in [0.25, 0.3) is 5.52 Å². The molecular formula is C29H33ClN6O3. The molecule has 204 valence electrons. The van der Waals surface area contributed by atoms with Crippen molar-refractivity contribution in [1.29, 1.82) is 0 Å². The number of hydrogen-bond donors (Lipinski definition) is 1. The average molecular weight is 549 g/mol. The number of rotatable bonds is 9. The molecule has 0 fully saturated rings. The maximum atomic E-state index is 12.8. The molecule has 5 rings (SSSR count). The molecule has 2 aliphatic heterocycles. The van der Waals surface area contributed by atoms with Crippen LogP contribution in [0.2, 0.25) is 5.02 Å². The van der Waals surface area contributed by atoms with Crippen molar-refractivity contribution in [2.45, 2.75) is 52.9 Å². The molecule has 39 heavy (non-hydrogen) atoms. The van der Waals surface area contributed by atoms with Gasteiger partial charge in [0.25, 0.3) is 0 Å². The summed E-state index contributed by atoms with van der Waals surface area (Å²) in [5, 5.41) is 16.0. The minimum atomic E-state index is -0.0552. The fourth-order valence-electron chi connectivity index (χ4n) is 5.10. The third kappa shape index (κ3) is 5.83. The number of carbonyl (C=O) groups is 2. The van der Waals surface area contributed by atoms with Crippen molar-refractivity contribution >= 4 is 40.4 Å². The Morgan fingerprint density at radius 1 is 1.03 bits per heavy atom. The van der Waals surface area contributed by atoms with Crippen LogP contribution < -0.4 is 10.2 Å². The van der Waals surface area contributed by atoms with Crippen molar-refractivity contribution in [3.05, 3.63) is 64.4 Å². The Labute approximate surface area is 232 Å². The van der Waals surface area contributed by atoms with E-state index in [-0.39, 0.29) is 23.7 Å². The van der Waals surface area contributed by atoms with Crippen LogP contribution in [-0.4, -0.2) is 51.0 Å². The lowest BCUT2D eigenvalue weighted by molar-refractivity contribution is -0.132. The zero-order valence-corrected chi connectivity index (χ0v) is 23.2. The number of nitrogens with one attached hydrogen (secondary N) is 1. The molecule has 0 radical (unpaired) electrons. The molecule has 0 bridgehead atoms. The summed E-state index contributed by atoms with van der Waals surface area (Å²) < 4.78 is 7.73. The van der Waals surface area contributed by atoms with Crippen LogP contribution in [0.4, 0.5) is 0 Å². The normalized spacial score (nSPS) is 19.6. The monoisotopic (exact) mass is 548 g/mol. The third-order valence-electron chi connectivity index (χ3n) is 7.16.